The summed E-state index contributed by atoms with van der Waals surface area (Å²) >= 11 is 22.6. The average molecular weight is 1800 g/mol. The maximum Gasteiger partial charge on any atom is 0.362 e. The number of fused-ring (bicyclic) bond motifs is 8. The van der Waals surface area contributed by atoms with Gasteiger partial charge in [-0.15, -0.1) is 5.11 Å². The van der Waals surface area contributed by atoms with Crippen LogP contribution in [0.4, 0.5) is 34.6 Å². The van der Waals surface area contributed by atoms with E-state index in [1.54, 1.807) is 99.5 Å². The van der Waals surface area contributed by atoms with Gasteiger partial charge in [-0.2, -0.15) is 25.3 Å². The lowest BCUT2D eigenvalue weighted by Gasteiger charge is -2.40. The van der Waals surface area contributed by atoms with E-state index in [1.165, 1.54) is 66.1 Å². The van der Waals surface area contributed by atoms with E-state index in [0.29, 0.717) is 95.6 Å². The number of carboxylic acids is 2. The van der Waals surface area contributed by atoms with Gasteiger partial charge < -0.3 is 71.1 Å². The highest BCUT2D eigenvalue weighted by atomic mass is 35.5. The van der Waals surface area contributed by atoms with Crippen molar-refractivity contribution in [2.45, 2.75) is 114 Å². The summed E-state index contributed by atoms with van der Waals surface area (Å²) in [6.45, 7) is 17.0. The van der Waals surface area contributed by atoms with Crippen molar-refractivity contribution in [1.82, 2.24) is 88.8 Å². The highest BCUT2D eigenvalue weighted by molar-refractivity contribution is 7.98. The van der Waals surface area contributed by atoms with Gasteiger partial charge >= 0.3 is 17.6 Å². The number of azo groups is 1. The lowest BCUT2D eigenvalue weighted by atomic mass is 9.60. The van der Waals surface area contributed by atoms with E-state index in [-0.39, 0.29) is 40.5 Å². The van der Waals surface area contributed by atoms with Crippen molar-refractivity contribution in [2.75, 3.05) is 110 Å². The first kappa shape index (κ1) is 96.1. The number of nitrogens with two attached hydrogens (primary N) is 3. The van der Waals surface area contributed by atoms with Crippen molar-refractivity contribution in [1.29, 1.82) is 0 Å². The molecule has 3 fully saturated rings. The molecule has 15 rings (SSSR count). The molecule has 0 amide bonds. The smallest absolute Gasteiger partial charge is 0.362 e. The molecule has 123 heavy (non-hydrogen) atoms. The standard InChI is InChI=1S/C15H29N2O.C14H14ClN5.C14H16N4O2S.C13H13N5OS2.C9H15N3O2S.C8H11N5O.C8H11N3O2S/c1-14-10-16(8-9-17(3,4)5)11-15(14,2)13-7-6-12(14)18-13;1-20-13-11(9-17-20)12(18-14(15)19-13)16-8-7-10-5-3-2-4-6-10;1-9-3-5-13(14(7-9)21(16,19)20)18-17-12-6-4-11(15)8-10(12)2;1-17-10-9(11(20)18(2)13(17)19)15-12(16-10)21-7-8-4-3-5-14-6-8;1-12(2,3)7(8(13)14)4-6-5-10-9(15)11-6;14-3-1-2-9-7-6-4-12-13-8(6)11-5-10-7;1-4-5(2-3-6(12)13)7(14)11-8(9)10-4/h12-13H,6-11H2,1-5H3;2-6,9H,7-8H2,1H3,(H,16,18,19);3-8H,15H2,1-2H3,(H2,16,19,20);3-6H,7H2,1-2H3,(H,15,16);5,7H,4H2,1-3H3,(H2-,10,11,13,14,15);4-5,14H,1-3H2,(H2,9,10,11,12,13);2-3H2,1H3,(H,12,13)(H3,9,10,11,14)/q+1;;;;;;/p+1. The van der Waals surface area contributed by atoms with Crippen LogP contribution in [-0.2, 0) is 70.5 Å². The quantitative estimate of drug-likeness (QED) is 0.00508. The van der Waals surface area contributed by atoms with Crippen molar-refractivity contribution >= 4 is 150 Å². The molecule has 658 valence electrons. The molecule has 2 bridgehead atoms. The summed E-state index contributed by atoms with van der Waals surface area (Å²) in [6, 6.07) is 23.7. The van der Waals surface area contributed by atoms with Gasteiger partial charge in [-0.25, -0.2) is 43.1 Å². The average Bonchev–Trinajstić information content (AvgIpc) is 1.53. The van der Waals surface area contributed by atoms with Gasteiger partial charge in [0, 0.05) is 125 Å². The van der Waals surface area contributed by atoms with E-state index in [2.05, 4.69) is 143 Å². The van der Waals surface area contributed by atoms with Gasteiger partial charge in [-0.05, 0) is 135 Å². The number of rotatable bonds is 24. The Morgan fingerprint density at radius 2 is 1.48 bits per heavy atom. The third-order valence-electron chi connectivity index (χ3n) is 21.1. The number of aromatic amines is 5. The van der Waals surface area contributed by atoms with Crippen molar-refractivity contribution in [2.24, 2.45) is 47.3 Å². The number of sulfonamides is 1. The SMILES string of the molecule is CC12CN(CC[N+](C)(C)C)CC1(C)C1CCC2O1.C[N+](C)(C)C(Cc1c[nH]c(=S)[nH]1)C(=O)O.Cc1[nH]c(N)nc(=S)c1CCC(=O)O.Cc1ccc(N=Nc2ccc(N)cc2C)c(S(N)(=O)=O)c1.Cn1c(=S)c2[nH]c(SCc3cccnc3)nc2n(C)c1=O.Cn1ncc2c(NCCc3ccccc3)nc(Cl)nc21.OCCCNc1ncnc2[nH]ncc12. The van der Waals surface area contributed by atoms with Crippen LogP contribution in [0.1, 0.15) is 78.7 Å². The summed E-state index contributed by atoms with van der Waals surface area (Å²) in [5, 5.41) is 59.5. The van der Waals surface area contributed by atoms with Gasteiger partial charge in [0.2, 0.25) is 15.3 Å². The number of anilines is 4. The number of aliphatic carboxylic acids is 2. The third-order valence-corrected chi connectivity index (χ3v) is 24.2. The van der Waals surface area contributed by atoms with Crippen molar-refractivity contribution in [3.8, 4) is 0 Å². The fraction of sp³-hybridized carbons (Fsp3) is 0.420. The van der Waals surface area contributed by atoms with Gasteiger partial charge in [-0.1, -0.05) is 92.5 Å². The first-order chi connectivity index (χ1) is 58.0. The maximum atomic E-state index is 12.0. The Morgan fingerprint density at radius 1 is 0.797 bits per heavy atom. The molecule has 3 saturated heterocycles. The molecule has 5 unspecified atom stereocenters. The second-order valence-corrected chi connectivity index (χ2v) is 36.4. The van der Waals surface area contributed by atoms with E-state index in [9.17, 15) is 22.8 Å². The minimum absolute atomic E-state index is 0.0423. The van der Waals surface area contributed by atoms with Crippen LogP contribution in [-0.4, -0.2) is 240 Å². The van der Waals surface area contributed by atoms with Crippen molar-refractivity contribution in [3.63, 3.8) is 0 Å². The van der Waals surface area contributed by atoms with Crippen molar-refractivity contribution < 1.29 is 47.0 Å². The first-order valence-corrected chi connectivity index (χ1v) is 43.5. The predicted molar refractivity (Wildman–Crippen MR) is 486 cm³/mol. The lowest BCUT2D eigenvalue weighted by molar-refractivity contribution is -0.887. The molecule has 3 aromatic carbocycles. The Kier molecular flexibility index (Phi) is 33.3. The summed E-state index contributed by atoms with van der Waals surface area (Å²) in [6.07, 6.45) is 16.3. The largest absolute Gasteiger partial charge is 0.481 e. The number of likely N-dealkylation sites (tertiary alicyclic amines) is 1. The molecule has 0 radical (unpaired) electrons. The number of nitrogen functional groups attached to an aromatic ring is 2. The summed E-state index contributed by atoms with van der Waals surface area (Å²) in [5.74, 6) is 0.826. The molecular formula is C81H110ClN27O9S5+2. The van der Waals surface area contributed by atoms with E-state index in [1.807, 2.05) is 71.6 Å². The molecule has 5 atom stereocenters. The zero-order valence-corrected chi connectivity index (χ0v) is 76.2. The zero-order valence-electron chi connectivity index (χ0n) is 71.4. The third kappa shape index (κ3) is 26.2. The number of likely N-dealkylation sites (N-methyl/N-ethyl adjacent to an activating group) is 2. The Morgan fingerprint density at radius 3 is 2.10 bits per heavy atom. The van der Waals surface area contributed by atoms with Crippen LogP contribution in [0.25, 0.3) is 33.2 Å². The Balaban J connectivity index is 0.000000164. The normalized spacial score (nSPS) is 16.8. The molecule has 3 aliphatic heterocycles. The number of ether oxygens (including phenoxy) is 1. The Bertz CT molecular complexity index is 6000. The number of primary sulfonamides is 1. The van der Waals surface area contributed by atoms with E-state index >= 15 is 0 Å². The summed E-state index contributed by atoms with van der Waals surface area (Å²) < 4.78 is 36.8. The number of aryl methyl sites for hydroxylation is 5. The van der Waals surface area contributed by atoms with Crippen LogP contribution in [0, 0.1) is 45.7 Å². The minimum Gasteiger partial charge on any atom is -0.481 e. The zero-order chi connectivity index (χ0) is 89.9. The number of quaternary nitrogens is 2. The van der Waals surface area contributed by atoms with Crippen LogP contribution >= 0.6 is 60.0 Å². The highest BCUT2D eigenvalue weighted by Gasteiger charge is 2.67. The number of thioether (sulfide) groups is 1. The van der Waals surface area contributed by atoms with E-state index < -0.39 is 28.0 Å². The highest BCUT2D eigenvalue weighted by Crippen LogP contribution is 2.63. The second-order valence-electron chi connectivity index (χ2n) is 32.3. The number of benzene rings is 3. The van der Waals surface area contributed by atoms with Gasteiger partial charge in [0.05, 0.1) is 96.3 Å². The number of hydrogen-bond acceptors (Lipinski definition) is 27. The molecule has 12 aromatic rings. The Hall–Kier alpha value is -10.7. The molecular weight excluding hydrogens is 1690 g/mol. The molecule has 12 heterocycles. The molecule has 3 aliphatic rings. The summed E-state index contributed by atoms with van der Waals surface area (Å²) in [4.78, 5) is 76.7. The molecule has 9 aromatic heterocycles. The molecule has 0 saturated carbocycles. The first-order valence-electron chi connectivity index (χ1n) is 39.3. The number of carboxylic acid groups (broad SMARTS) is 2. The van der Waals surface area contributed by atoms with Crippen molar-refractivity contribution in [3.05, 3.63) is 185 Å². The van der Waals surface area contributed by atoms with Crippen LogP contribution in [0.5, 0.6) is 0 Å². The monoisotopic (exact) mass is 1800 g/mol. The maximum absolute atomic E-state index is 12.0. The lowest BCUT2D eigenvalue weighted by Crippen LogP contribution is -2.51. The number of carbonyl (C=O) groups is 2. The molecule has 0 spiro atoms. The number of aliphatic hydroxyl groups is 1. The number of aliphatic hydroxyl groups excluding tert-OH is 1. The number of pyridine rings is 1. The number of hydrogen-bond donors (Lipinski definition) is 13. The topological polar surface area (TPSA) is 495 Å². The van der Waals surface area contributed by atoms with Crippen LogP contribution in [0.15, 0.2) is 141 Å². The summed E-state index contributed by atoms with van der Waals surface area (Å²) in [5.41, 5.74) is 22.3. The van der Waals surface area contributed by atoms with Gasteiger partial charge in [0.15, 0.2) is 38.9 Å². The number of nitrogens with one attached hydrogen (secondary N) is 7. The predicted octanol–water partition coefficient (Wildman–Crippen LogP) is 11.2. The number of H-pyrrole nitrogens is 5. The molecule has 42 heteroatoms. The second kappa shape index (κ2) is 42.6. The number of nitrogens with zero attached hydrogens (tertiary/aromatic N) is 17. The number of imidazole rings is 2. The molecule has 36 nitrogen and oxygen atoms in total. The van der Waals surface area contributed by atoms with Crippen LogP contribution < -0.4 is 32.9 Å². The molecule has 16 N–H and O–H groups in total. The van der Waals surface area contributed by atoms with Crippen LogP contribution in [0.3, 0.4) is 0 Å². The fourth-order valence-electron chi connectivity index (χ4n) is 14.1. The summed E-state index contributed by atoms with van der Waals surface area (Å²) in [7, 11) is 13.8. The number of halogens is 1. The minimum atomic E-state index is -3.85. The van der Waals surface area contributed by atoms with E-state index in [0.717, 1.165) is 90.1 Å². The van der Waals surface area contributed by atoms with Gasteiger partial charge in [-0.3, -0.25) is 33.6 Å². The van der Waals surface area contributed by atoms with Gasteiger partial charge in [0.25, 0.3) is 0 Å². The van der Waals surface area contributed by atoms with Crippen LogP contribution in [0.2, 0.25) is 5.28 Å². The van der Waals surface area contributed by atoms with E-state index in [4.69, 9.17) is 84.9 Å². The fourth-order valence-corrected chi connectivity index (χ4v) is 16.6. The van der Waals surface area contributed by atoms with Gasteiger partial charge in [0.1, 0.15) is 43.3 Å². The molecule has 0 aliphatic carbocycles. The number of aromatic nitrogens is 17. The Labute approximate surface area is 737 Å².